The summed E-state index contributed by atoms with van der Waals surface area (Å²) < 4.78 is 1.97. The normalized spacial score (nSPS) is 14.8. The lowest BCUT2D eigenvalue weighted by Crippen LogP contribution is -2.16. The number of benzene rings is 1. The van der Waals surface area contributed by atoms with Crippen molar-refractivity contribution >= 4 is 35.0 Å². The number of rotatable bonds is 8. The van der Waals surface area contributed by atoms with Crippen LogP contribution in [0.2, 0.25) is 0 Å². The summed E-state index contributed by atoms with van der Waals surface area (Å²) in [6.45, 7) is 3.01. The number of anilines is 1. The van der Waals surface area contributed by atoms with E-state index in [1.54, 1.807) is 6.33 Å². The third-order valence-electron chi connectivity index (χ3n) is 4.26. The summed E-state index contributed by atoms with van der Waals surface area (Å²) in [6, 6.07) is 10.0. The van der Waals surface area contributed by atoms with E-state index in [-0.39, 0.29) is 17.1 Å². The number of nitrogens with zero attached hydrogens (tertiary/aromatic N) is 5. The lowest BCUT2D eigenvalue weighted by molar-refractivity contribution is -0.112. The van der Waals surface area contributed by atoms with Gasteiger partial charge in [-0.3, -0.25) is 4.79 Å². The van der Waals surface area contributed by atoms with Gasteiger partial charge in [0, 0.05) is 18.5 Å². The molecule has 1 aliphatic rings. The highest BCUT2D eigenvalue weighted by atomic mass is 32.2. The van der Waals surface area contributed by atoms with Crippen molar-refractivity contribution in [1.29, 1.82) is 5.26 Å². The molecule has 2 heterocycles. The quantitative estimate of drug-likeness (QED) is 0.286. The molecule has 0 amide bonds. The number of fused-ring (bicyclic) bond motifs is 1. The molecular weight excluding hydrogens is 378 g/mol. The Bertz CT molecular complexity index is 900. The average Bonchev–Trinajstić information content (AvgIpc) is 3.26. The zero-order chi connectivity index (χ0) is 19.2. The summed E-state index contributed by atoms with van der Waals surface area (Å²) >= 11 is 2.80. The van der Waals surface area contributed by atoms with E-state index in [2.05, 4.69) is 23.2 Å². The minimum atomic E-state index is -0.187. The second kappa shape index (κ2) is 9.11. The minimum absolute atomic E-state index is 0.170. The molecule has 3 rings (SSSR count). The monoisotopic (exact) mass is 399 g/mol. The highest BCUT2D eigenvalue weighted by Crippen LogP contribution is 2.46. The maximum absolute atomic E-state index is 12.7. The van der Waals surface area contributed by atoms with Crippen LogP contribution >= 0.6 is 23.5 Å². The number of carbonyl (C=O) groups excluding carboxylic acids is 1. The number of allylic oxidation sites excluding steroid dienone is 1. The molecule has 0 unspecified atom stereocenters. The van der Waals surface area contributed by atoms with E-state index in [1.807, 2.05) is 40.8 Å². The van der Waals surface area contributed by atoms with Crippen molar-refractivity contribution in [3.8, 4) is 6.07 Å². The molecular formula is C19H21N5OS2. The van der Waals surface area contributed by atoms with Crippen LogP contribution in [-0.2, 0) is 11.3 Å². The van der Waals surface area contributed by atoms with Gasteiger partial charge in [-0.2, -0.15) is 5.26 Å². The van der Waals surface area contributed by atoms with Crippen molar-refractivity contribution in [2.75, 3.05) is 17.7 Å². The van der Waals surface area contributed by atoms with Gasteiger partial charge in [-0.05, 0) is 18.6 Å². The lowest BCUT2D eigenvalue weighted by Gasteiger charge is -2.14. The number of aryl methyl sites for hydroxylation is 1. The van der Waals surface area contributed by atoms with Crippen molar-refractivity contribution in [1.82, 2.24) is 14.8 Å². The second-order valence-corrected chi connectivity index (χ2v) is 8.12. The summed E-state index contributed by atoms with van der Waals surface area (Å²) in [5.74, 6) is -0.0170. The Labute approximate surface area is 167 Å². The van der Waals surface area contributed by atoms with Crippen LogP contribution in [0.15, 0.2) is 51.2 Å². The number of ketones is 1. The van der Waals surface area contributed by atoms with E-state index in [1.165, 1.54) is 23.5 Å². The minimum Gasteiger partial charge on any atom is -0.337 e. The Morgan fingerprint density at radius 3 is 2.89 bits per heavy atom. The average molecular weight is 400 g/mol. The van der Waals surface area contributed by atoms with Gasteiger partial charge in [0.05, 0.1) is 11.4 Å². The van der Waals surface area contributed by atoms with Crippen molar-refractivity contribution in [2.24, 2.45) is 0 Å². The number of Topliss-reactive ketones (excluding diaryl/α,β-unsaturated/α-hetero) is 1. The van der Waals surface area contributed by atoms with Gasteiger partial charge in [-0.1, -0.05) is 55.4 Å². The first kappa shape index (κ1) is 19.5. The summed E-state index contributed by atoms with van der Waals surface area (Å²) in [5.41, 5.74) is 1.21. The Morgan fingerprint density at radius 1 is 1.33 bits per heavy atom. The molecule has 0 saturated heterocycles. The Kier molecular flexibility index (Phi) is 6.58. The molecule has 140 valence electrons. The molecule has 0 radical (unpaired) electrons. The molecule has 1 aromatic carbocycles. The van der Waals surface area contributed by atoms with Crippen LogP contribution in [0.3, 0.4) is 0 Å². The van der Waals surface area contributed by atoms with Crippen LogP contribution < -0.4 is 4.90 Å². The van der Waals surface area contributed by atoms with Crippen molar-refractivity contribution in [3.63, 3.8) is 0 Å². The Hall–Kier alpha value is -2.24. The molecule has 6 nitrogen and oxygen atoms in total. The van der Waals surface area contributed by atoms with Gasteiger partial charge >= 0.3 is 0 Å². The van der Waals surface area contributed by atoms with Gasteiger partial charge in [0.25, 0.3) is 0 Å². The first-order valence-electron chi connectivity index (χ1n) is 8.84. The summed E-state index contributed by atoms with van der Waals surface area (Å²) in [6.07, 6.45) is 5.05. The molecule has 0 N–H and O–H groups in total. The highest BCUT2D eigenvalue weighted by molar-refractivity contribution is 8.03. The van der Waals surface area contributed by atoms with Crippen LogP contribution in [0.5, 0.6) is 0 Å². The second-order valence-electron chi connectivity index (χ2n) is 6.15. The maximum atomic E-state index is 12.7. The number of carbonyl (C=O) groups is 1. The number of nitriles is 1. The molecule has 0 fully saturated rings. The van der Waals surface area contributed by atoms with E-state index in [0.29, 0.717) is 5.03 Å². The van der Waals surface area contributed by atoms with Crippen LogP contribution in [0.25, 0.3) is 0 Å². The smallest absolute Gasteiger partial charge is 0.191 e. The number of thioether (sulfide) groups is 2. The predicted molar refractivity (Wildman–Crippen MR) is 109 cm³/mol. The number of unbranched alkanes of at least 4 members (excludes halogenated alkanes) is 2. The van der Waals surface area contributed by atoms with Crippen LogP contribution in [-0.4, -0.2) is 33.3 Å². The molecule has 8 heteroatoms. The molecule has 0 spiro atoms. The SMILES string of the molecule is CCCCCn1cnnc1SCC(=O)/C(C#N)=C1/Sc2ccccc2N1C. The van der Waals surface area contributed by atoms with E-state index in [4.69, 9.17) is 0 Å². The van der Waals surface area contributed by atoms with Gasteiger partial charge < -0.3 is 9.47 Å². The number of hydrogen-bond donors (Lipinski definition) is 0. The summed E-state index contributed by atoms with van der Waals surface area (Å²) in [7, 11) is 1.89. The molecule has 2 aromatic rings. The largest absolute Gasteiger partial charge is 0.337 e. The topological polar surface area (TPSA) is 74.8 Å². The number of hydrogen-bond acceptors (Lipinski definition) is 7. The van der Waals surface area contributed by atoms with Gasteiger partial charge in [-0.15, -0.1) is 10.2 Å². The first-order chi connectivity index (χ1) is 13.2. The third-order valence-corrected chi connectivity index (χ3v) is 6.47. The van der Waals surface area contributed by atoms with Gasteiger partial charge in [-0.25, -0.2) is 0 Å². The molecule has 27 heavy (non-hydrogen) atoms. The Balaban J connectivity index is 1.69. The van der Waals surface area contributed by atoms with E-state index in [9.17, 15) is 10.1 Å². The van der Waals surface area contributed by atoms with Gasteiger partial charge in [0.2, 0.25) is 0 Å². The fourth-order valence-corrected chi connectivity index (χ4v) is 4.77. The standard InChI is InChI=1S/C19H21N5OS2/c1-3-4-7-10-24-13-21-22-19(24)26-12-16(25)14(11-20)18-23(2)15-8-5-6-9-17(15)27-18/h5-6,8-9,13H,3-4,7,10,12H2,1-2H3/b18-14+. The van der Waals surface area contributed by atoms with E-state index in [0.717, 1.165) is 41.5 Å². The van der Waals surface area contributed by atoms with Crippen LogP contribution in [0.1, 0.15) is 26.2 Å². The summed E-state index contributed by atoms with van der Waals surface area (Å²) in [4.78, 5) is 15.7. The van der Waals surface area contributed by atoms with Crippen molar-refractivity contribution in [3.05, 3.63) is 41.2 Å². The molecule has 0 atom stereocenters. The molecule has 1 aromatic heterocycles. The summed E-state index contributed by atoms with van der Waals surface area (Å²) in [5, 5.41) is 19.1. The predicted octanol–water partition coefficient (Wildman–Crippen LogP) is 4.11. The fourth-order valence-electron chi connectivity index (χ4n) is 2.79. The van der Waals surface area contributed by atoms with Gasteiger partial charge in [0.1, 0.15) is 23.0 Å². The Morgan fingerprint density at radius 2 is 2.15 bits per heavy atom. The zero-order valence-electron chi connectivity index (χ0n) is 15.4. The molecule has 0 saturated carbocycles. The fraction of sp³-hybridized carbons (Fsp3) is 0.368. The van der Waals surface area contributed by atoms with Crippen LogP contribution in [0.4, 0.5) is 5.69 Å². The molecule has 1 aliphatic heterocycles. The lowest BCUT2D eigenvalue weighted by atomic mass is 10.2. The van der Waals surface area contributed by atoms with Crippen LogP contribution in [0, 0.1) is 11.3 Å². The van der Waals surface area contributed by atoms with E-state index < -0.39 is 0 Å². The van der Waals surface area contributed by atoms with Crippen molar-refractivity contribution in [2.45, 2.75) is 42.8 Å². The zero-order valence-corrected chi connectivity index (χ0v) is 17.0. The highest BCUT2D eigenvalue weighted by Gasteiger charge is 2.28. The first-order valence-corrected chi connectivity index (χ1v) is 10.6. The molecule has 0 aliphatic carbocycles. The number of aromatic nitrogens is 3. The van der Waals surface area contributed by atoms with Gasteiger partial charge in [0.15, 0.2) is 10.9 Å². The van der Waals surface area contributed by atoms with E-state index >= 15 is 0 Å². The number of para-hydroxylation sites is 1. The van der Waals surface area contributed by atoms with Crippen molar-refractivity contribution < 1.29 is 4.79 Å². The third kappa shape index (κ3) is 4.37. The maximum Gasteiger partial charge on any atom is 0.191 e. The molecule has 0 bridgehead atoms.